The van der Waals surface area contributed by atoms with Crippen LogP contribution in [-0.4, -0.2) is 39.6 Å². The van der Waals surface area contributed by atoms with Crippen LogP contribution in [0.5, 0.6) is 0 Å². The lowest BCUT2D eigenvalue weighted by atomic mass is 10.2. The number of ether oxygens (including phenoxy) is 1. The molecule has 0 amide bonds. The molecule has 4 heterocycles. The van der Waals surface area contributed by atoms with Crippen molar-refractivity contribution in [3.05, 3.63) is 34.3 Å². The summed E-state index contributed by atoms with van der Waals surface area (Å²) in [5.41, 5.74) is 0.731. The third-order valence-electron chi connectivity index (χ3n) is 4.31. The van der Waals surface area contributed by atoms with E-state index in [9.17, 15) is 4.79 Å². The van der Waals surface area contributed by atoms with Crippen LogP contribution in [0.2, 0.25) is 0 Å². The fraction of sp³-hybridized carbons (Fsp3) is 0.600. The Kier molecular flexibility index (Phi) is 3.82. The number of aromatic nitrogens is 4. The van der Waals surface area contributed by atoms with Gasteiger partial charge in [-0.05, 0) is 25.7 Å². The van der Waals surface area contributed by atoms with Gasteiger partial charge in [-0.25, -0.2) is 4.68 Å². The fourth-order valence-electron chi connectivity index (χ4n) is 3.06. The summed E-state index contributed by atoms with van der Waals surface area (Å²) in [6.45, 7) is 2.90. The van der Waals surface area contributed by atoms with Crippen LogP contribution >= 0.6 is 0 Å². The molecule has 2 aliphatic heterocycles. The largest absolute Gasteiger partial charge is 0.370 e. The summed E-state index contributed by atoms with van der Waals surface area (Å²) in [6, 6.07) is 1.62. The van der Waals surface area contributed by atoms with Gasteiger partial charge in [-0.15, -0.1) is 0 Å². The van der Waals surface area contributed by atoms with Crippen LogP contribution in [0, 0.1) is 0 Å². The quantitative estimate of drug-likeness (QED) is 0.835. The van der Waals surface area contributed by atoms with E-state index in [1.165, 1.54) is 4.68 Å². The van der Waals surface area contributed by atoms with E-state index in [0.29, 0.717) is 11.7 Å². The van der Waals surface area contributed by atoms with Gasteiger partial charge in [0.25, 0.3) is 11.4 Å². The molecule has 4 rings (SSSR count). The van der Waals surface area contributed by atoms with Crippen LogP contribution in [0.25, 0.3) is 0 Å². The zero-order chi connectivity index (χ0) is 15.6. The van der Waals surface area contributed by atoms with Gasteiger partial charge in [0.2, 0.25) is 0 Å². The molecule has 0 saturated carbocycles. The third-order valence-corrected chi connectivity index (χ3v) is 4.31. The maximum atomic E-state index is 12.2. The van der Waals surface area contributed by atoms with E-state index in [1.807, 2.05) is 0 Å². The highest BCUT2D eigenvalue weighted by molar-refractivity contribution is 5.43. The summed E-state index contributed by atoms with van der Waals surface area (Å²) < 4.78 is 12.1. The minimum Gasteiger partial charge on any atom is -0.370 e. The first-order valence-corrected chi connectivity index (χ1v) is 8.06. The summed E-state index contributed by atoms with van der Waals surface area (Å²) in [6.07, 6.45) is 5.84. The summed E-state index contributed by atoms with van der Waals surface area (Å²) in [5, 5.41) is 8.16. The van der Waals surface area contributed by atoms with E-state index in [-0.39, 0.29) is 18.2 Å². The number of nitrogens with zero attached hydrogens (tertiary/aromatic N) is 5. The molecular weight excluding hydrogens is 298 g/mol. The molecule has 0 radical (unpaired) electrons. The third kappa shape index (κ3) is 2.98. The van der Waals surface area contributed by atoms with Gasteiger partial charge in [0, 0.05) is 25.8 Å². The Morgan fingerprint density at radius 2 is 2.13 bits per heavy atom. The molecule has 8 heteroatoms. The second-order valence-electron chi connectivity index (χ2n) is 5.95. The van der Waals surface area contributed by atoms with Crippen molar-refractivity contribution < 1.29 is 9.26 Å². The van der Waals surface area contributed by atoms with Gasteiger partial charge in [-0.2, -0.15) is 10.1 Å². The highest BCUT2D eigenvalue weighted by Gasteiger charge is 2.24. The normalized spacial score (nSPS) is 21.2. The predicted octanol–water partition coefficient (Wildman–Crippen LogP) is 1.13. The number of hydrogen-bond donors (Lipinski definition) is 0. The zero-order valence-corrected chi connectivity index (χ0v) is 12.8. The molecule has 8 nitrogen and oxygen atoms in total. The van der Waals surface area contributed by atoms with Crippen molar-refractivity contribution >= 4 is 5.69 Å². The summed E-state index contributed by atoms with van der Waals surface area (Å²) in [7, 11) is 0. The Hall–Kier alpha value is -2.22. The van der Waals surface area contributed by atoms with Crippen LogP contribution in [0.1, 0.15) is 43.5 Å². The first-order chi connectivity index (χ1) is 11.3. The summed E-state index contributed by atoms with van der Waals surface area (Å²) in [4.78, 5) is 18.7. The predicted molar refractivity (Wildman–Crippen MR) is 81.3 cm³/mol. The van der Waals surface area contributed by atoms with Crippen molar-refractivity contribution in [3.63, 3.8) is 0 Å². The van der Waals surface area contributed by atoms with Crippen molar-refractivity contribution in [3.8, 4) is 0 Å². The molecule has 0 spiro atoms. The van der Waals surface area contributed by atoms with Crippen molar-refractivity contribution in [1.29, 1.82) is 0 Å². The second-order valence-corrected chi connectivity index (χ2v) is 5.95. The van der Waals surface area contributed by atoms with Crippen LogP contribution in [0.4, 0.5) is 5.69 Å². The van der Waals surface area contributed by atoms with Gasteiger partial charge in [-0.3, -0.25) is 4.79 Å². The van der Waals surface area contributed by atoms with Crippen LogP contribution < -0.4 is 10.5 Å². The highest BCUT2D eigenvalue weighted by Crippen LogP contribution is 2.26. The number of hydrogen-bond acceptors (Lipinski definition) is 7. The molecule has 1 atom stereocenters. The lowest BCUT2D eigenvalue weighted by Gasteiger charge is -2.16. The minimum absolute atomic E-state index is 0.113. The second kappa shape index (κ2) is 6.11. The first kappa shape index (κ1) is 14.4. The van der Waals surface area contributed by atoms with E-state index in [4.69, 9.17) is 9.26 Å². The molecule has 2 saturated heterocycles. The van der Waals surface area contributed by atoms with Crippen LogP contribution in [0.15, 0.2) is 21.6 Å². The summed E-state index contributed by atoms with van der Waals surface area (Å²) in [5.74, 6) is 0.929. The summed E-state index contributed by atoms with van der Waals surface area (Å²) >= 11 is 0. The molecule has 0 N–H and O–H groups in total. The monoisotopic (exact) mass is 317 g/mol. The van der Waals surface area contributed by atoms with Gasteiger partial charge >= 0.3 is 0 Å². The van der Waals surface area contributed by atoms with Gasteiger partial charge in [-0.1, -0.05) is 5.16 Å². The number of anilines is 1. The smallest absolute Gasteiger partial charge is 0.269 e. The fourth-order valence-corrected chi connectivity index (χ4v) is 3.06. The lowest BCUT2D eigenvalue weighted by Crippen LogP contribution is -2.26. The van der Waals surface area contributed by atoms with Crippen molar-refractivity contribution in [2.24, 2.45) is 0 Å². The van der Waals surface area contributed by atoms with E-state index < -0.39 is 0 Å². The van der Waals surface area contributed by atoms with Crippen molar-refractivity contribution in [1.82, 2.24) is 19.9 Å². The first-order valence-electron chi connectivity index (χ1n) is 8.06. The standard InChI is InChI=1S/C15H19N5O3/c21-14-8-11(19-5-1-2-6-19)9-16-20(14)10-13-17-15(23-18-13)12-4-3-7-22-12/h8-9,12H,1-7,10H2. The maximum absolute atomic E-state index is 12.2. The van der Waals surface area contributed by atoms with Gasteiger partial charge < -0.3 is 14.2 Å². The highest BCUT2D eigenvalue weighted by atomic mass is 16.5. The Morgan fingerprint density at radius 1 is 1.26 bits per heavy atom. The van der Waals surface area contributed by atoms with Gasteiger partial charge in [0.15, 0.2) is 5.82 Å². The molecule has 23 heavy (non-hydrogen) atoms. The van der Waals surface area contributed by atoms with E-state index in [1.54, 1.807) is 12.3 Å². The lowest BCUT2D eigenvalue weighted by molar-refractivity contribution is 0.0835. The minimum atomic E-state index is -0.155. The maximum Gasteiger partial charge on any atom is 0.269 e. The molecule has 2 aliphatic rings. The zero-order valence-electron chi connectivity index (χ0n) is 12.8. The molecule has 122 valence electrons. The Morgan fingerprint density at radius 3 is 2.87 bits per heavy atom. The Bertz CT molecular complexity index is 729. The molecule has 0 bridgehead atoms. The van der Waals surface area contributed by atoms with E-state index in [2.05, 4.69) is 20.1 Å². The van der Waals surface area contributed by atoms with Gasteiger partial charge in [0.05, 0.1) is 11.9 Å². The molecule has 1 unspecified atom stereocenters. The average molecular weight is 317 g/mol. The topological polar surface area (TPSA) is 86.3 Å². The average Bonchev–Trinajstić information content (AvgIpc) is 3.31. The van der Waals surface area contributed by atoms with Crippen molar-refractivity contribution in [2.45, 2.75) is 38.3 Å². The Balaban J connectivity index is 1.49. The number of rotatable bonds is 4. The molecule has 2 aromatic rings. The van der Waals surface area contributed by atoms with E-state index in [0.717, 1.165) is 51.1 Å². The SMILES string of the molecule is O=c1cc(N2CCCC2)cnn1Cc1noc(C2CCCO2)n1. The molecule has 2 fully saturated rings. The van der Waals surface area contributed by atoms with Crippen molar-refractivity contribution in [2.75, 3.05) is 24.6 Å². The molecule has 0 aliphatic carbocycles. The van der Waals surface area contributed by atoms with Gasteiger partial charge in [0.1, 0.15) is 12.6 Å². The molecule has 2 aromatic heterocycles. The Labute approximate surface area is 133 Å². The van der Waals surface area contributed by atoms with E-state index >= 15 is 0 Å². The molecule has 0 aromatic carbocycles. The molecular formula is C15H19N5O3. The van der Waals surface area contributed by atoms with Crippen LogP contribution in [-0.2, 0) is 11.3 Å². The van der Waals surface area contributed by atoms with Crippen LogP contribution in [0.3, 0.4) is 0 Å².